The van der Waals surface area contributed by atoms with Crippen molar-refractivity contribution in [3.05, 3.63) is 0 Å². The van der Waals surface area contributed by atoms with Crippen LogP contribution in [0, 0.1) is 0 Å². The van der Waals surface area contributed by atoms with E-state index in [4.69, 9.17) is 0 Å². The van der Waals surface area contributed by atoms with Gasteiger partial charge in [0.1, 0.15) is 0 Å². The van der Waals surface area contributed by atoms with Gasteiger partial charge in [-0.15, -0.1) is 0 Å². The lowest BCUT2D eigenvalue weighted by atomic mass is 10.1. The highest BCUT2D eigenvalue weighted by Gasteiger charge is 2.25. The quantitative estimate of drug-likeness (QED) is 0.290. The molecule has 0 aliphatic carbocycles. The van der Waals surface area contributed by atoms with Gasteiger partial charge in [0.25, 0.3) is 0 Å². The van der Waals surface area contributed by atoms with Crippen molar-refractivity contribution in [1.29, 1.82) is 0 Å². The first-order valence-corrected chi connectivity index (χ1v) is 9.60. The molecule has 0 N–H and O–H groups in total. The fourth-order valence-electron chi connectivity index (χ4n) is 3.66. The van der Waals surface area contributed by atoms with Crippen LogP contribution in [0.4, 0.5) is 0 Å². The van der Waals surface area contributed by atoms with E-state index in [1.165, 1.54) is 114 Å². The Labute approximate surface area is 128 Å². The Balaban J connectivity index is 1.74. The van der Waals surface area contributed by atoms with Crippen molar-refractivity contribution in [2.45, 2.75) is 96.8 Å². The topological polar surface area (TPSA) is 0 Å². The van der Waals surface area contributed by atoms with Crippen LogP contribution in [0.2, 0.25) is 0 Å². The van der Waals surface area contributed by atoms with Crippen LogP contribution < -0.4 is 0 Å². The highest BCUT2D eigenvalue weighted by molar-refractivity contribution is 4.53. The average Bonchev–Trinajstić information content (AvgIpc) is 2.87. The molecule has 1 heteroatoms. The van der Waals surface area contributed by atoms with Crippen molar-refractivity contribution >= 4 is 0 Å². The molecular weight excluding hydrogens is 242 g/mol. The summed E-state index contributed by atoms with van der Waals surface area (Å²) in [6.07, 6.45) is 20.5. The van der Waals surface area contributed by atoms with Gasteiger partial charge >= 0.3 is 0 Å². The molecule has 0 bridgehead atoms. The van der Waals surface area contributed by atoms with E-state index >= 15 is 0 Å². The van der Waals surface area contributed by atoms with Crippen LogP contribution in [0.5, 0.6) is 0 Å². The number of rotatable bonds is 13. The Bertz CT molecular complexity index is 206. The Hall–Kier alpha value is -0.0400. The van der Waals surface area contributed by atoms with Crippen LogP contribution in [0.25, 0.3) is 0 Å². The first kappa shape index (κ1) is 18.0. The van der Waals surface area contributed by atoms with E-state index in [-0.39, 0.29) is 0 Å². The number of quaternary nitrogens is 1. The second-order valence-electron chi connectivity index (χ2n) is 7.39. The van der Waals surface area contributed by atoms with Gasteiger partial charge in [-0.2, -0.15) is 0 Å². The van der Waals surface area contributed by atoms with Crippen molar-refractivity contribution in [3.63, 3.8) is 0 Å². The number of nitrogens with zero attached hydrogens (tertiary/aromatic N) is 1. The lowest BCUT2D eigenvalue weighted by Gasteiger charge is -2.29. The van der Waals surface area contributed by atoms with Crippen molar-refractivity contribution in [3.8, 4) is 0 Å². The van der Waals surface area contributed by atoms with E-state index < -0.39 is 0 Å². The van der Waals surface area contributed by atoms with Crippen molar-refractivity contribution < 1.29 is 4.48 Å². The smallest absolute Gasteiger partial charge is 0.0786 e. The zero-order chi connectivity index (χ0) is 14.5. The highest BCUT2D eigenvalue weighted by atomic mass is 15.3. The van der Waals surface area contributed by atoms with Crippen molar-refractivity contribution in [1.82, 2.24) is 0 Å². The van der Waals surface area contributed by atoms with E-state index in [1.54, 1.807) is 0 Å². The predicted molar refractivity (Wildman–Crippen MR) is 91.1 cm³/mol. The van der Waals surface area contributed by atoms with Gasteiger partial charge in [0.15, 0.2) is 0 Å². The van der Waals surface area contributed by atoms with E-state index in [0.29, 0.717) is 0 Å². The molecule has 1 aliphatic heterocycles. The summed E-state index contributed by atoms with van der Waals surface area (Å²) in [5, 5.41) is 0. The standard InChI is InChI=1S/C19H40N/c1-3-4-5-6-7-8-9-10-11-12-13-14-17-20(2)18-15-16-19-20/h3-19H2,1-2H3/q+1. The summed E-state index contributed by atoms with van der Waals surface area (Å²) in [6, 6.07) is 0. The summed E-state index contributed by atoms with van der Waals surface area (Å²) in [7, 11) is 2.46. The monoisotopic (exact) mass is 282 g/mol. The van der Waals surface area contributed by atoms with Crippen LogP contribution in [-0.2, 0) is 0 Å². The molecule has 1 heterocycles. The van der Waals surface area contributed by atoms with E-state index in [0.717, 1.165) is 0 Å². The number of unbranched alkanes of at least 4 members (excludes halogenated alkanes) is 11. The molecule has 0 atom stereocenters. The Morgan fingerprint density at radius 2 is 1.00 bits per heavy atom. The summed E-state index contributed by atoms with van der Waals surface area (Å²) in [4.78, 5) is 0. The van der Waals surface area contributed by atoms with Crippen molar-refractivity contribution in [2.24, 2.45) is 0 Å². The van der Waals surface area contributed by atoms with Gasteiger partial charge in [0.05, 0.1) is 26.7 Å². The lowest BCUT2D eigenvalue weighted by molar-refractivity contribution is -0.897. The van der Waals surface area contributed by atoms with E-state index in [2.05, 4.69) is 14.0 Å². The number of hydrogen-bond acceptors (Lipinski definition) is 0. The summed E-state index contributed by atoms with van der Waals surface area (Å²) >= 11 is 0. The molecule has 1 aliphatic rings. The van der Waals surface area contributed by atoms with Crippen LogP contribution >= 0.6 is 0 Å². The first-order chi connectivity index (χ1) is 9.77. The van der Waals surface area contributed by atoms with Gasteiger partial charge in [-0.3, -0.25) is 0 Å². The number of likely N-dealkylation sites (tertiary alicyclic amines) is 1. The molecule has 0 unspecified atom stereocenters. The normalized spacial score (nSPS) is 17.7. The molecular formula is C19H40N+. The Morgan fingerprint density at radius 1 is 0.600 bits per heavy atom. The minimum Gasteiger partial charge on any atom is -0.326 e. The third-order valence-electron chi connectivity index (χ3n) is 5.20. The zero-order valence-corrected chi connectivity index (χ0v) is 14.5. The largest absolute Gasteiger partial charge is 0.326 e. The molecule has 0 spiro atoms. The lowest BCUT2D eigenvalue weighted by Crippen LogP contribution is -2.41. The second-order valence-corrected chi connectivity index (χ2v) is 7.39. The zero-order valence-electron chi connectivity index (χ0n) is 14.5. The molecule has 0 aromatic carbocycles. The summed E-state index contributed by atoms with van der Waals surface area (Å²) in [6.45, 7) is 6.62. The molecule has 0 aromatic rings. The van der Waals surface area contributed by atoms with Gasteiger partial charge in [-0.25, -0.2) is 0 Å². The van der Waals surface area contributed by atoms with Gasteiger partial charge in [-0.05, 0) is 12.8 Å². The van der Waals surface area contributed by atoms with Crippen LogP contribution in [0.1, 0.15) is 96.8 Å². The molecule has 1 fully saturated rings. The molecule has 0 saturated carbocycles. The van der Waals surface area contributed by atoms with E-state index in [1.807, 2.05) is 0 Å². The van der Waals surface area contributed by atoms with Gasteiger partial charge in [0, 0.05) is 12.8 Å². The molecule has 0 aromatic heterocycles. The second kappa shape index (κ2) is 11.6. The summed E-state index contributed by atoms with van der Waals surface area (Å²) in [5.74, 6) is 0. The molecule has 0 radical (unpaired) electrons. The Morgan fingerprint density at radius 3 is 1.45 bits per heavy atom. The third-order valence-corrected chi connectivity index (χ3v) is 5.20. The van der Waals surface area contributed by atoms with Crippen LogP contribution in [-0.4, -0.2) is 31.2 Å². The SMILES string of the molecule is CCCCCCCCCCCCCC[N+]1(C)CCCC1. The van der Waals surface area contributed by atoms with E-state index in [9.17, 15) is 0 Å². The first-order valence-electron chi connectivity index (χ1n) is 9.60. The maximum absolute atomic E-state index is 2.46. The van der Waals surface area contributed by atoms with Crippen molar-refractivity contribution in [2.75, 3.05) is 26.7 Å². The van der Waals surface area contributed by atoms with Gasteiger partial charge in [0.2, 0.25) is 0 Å². The third kappa shape index (κ3) is 9.00. The molecule has 0 amide bonds. The Kier molecular flexibility index (Phi) is 10.4. The van der Waals surface area contributed by atoms with Crippen LogP contribution in [0.3, 0.4) is 0 Å². The molecule has 1 nitrogen and oxygen atoms in total. The molecule has 120 valence electrons. The number of hydrogen-bond donors (Lipinski definition) is 0. The fraction of sp³-hybridized carbons (Fsp3) is 1.00. The summed E-state index contributed by atoms with van der Waals surface area (Å²) < 4.78 is 1.37. The highest BCUT2D eigenvalue weighted by Crippen LogP contribution is 2.18. The maximum Gasteiger partial charge on any atom is 0.0786 e. The van der Waals surface area contributed by atoms with Gasteiger partial charge in [-0.1, -0.05) is 71.1 Å². The molecule has 20 heavy (non-hydrogen) atoms. The predicted octanol–water partition coefficient (Wildman–Crippen LogP) is 5.93. The minimum absolute atomic E-state index is 1.37. The fourth-order valence-corrected chi connectivity index (χ4v) is 3.66. The van der Waals surface area contributed by atoms with Crippen LogP contribution in [0.15, 0.2) is 0 Å². The maximum atomic E-state index is 2.46. The average molecular weight is 283 g/mol. The molecule has 1 rings (SSSR count). The minimum atomic E-state index is 1.37. The van der Waals surface area contributed by atoms with Gasteiger partial charge < -0.3 is 4.48 Å². The molecule has 1 saturated heterocycles. The summed E-state index contributed by atoms with van der Waals surface area (Å²) in [5.41, 5.74) is 0.